The van der Waals surface area contributed by atoms with Gasteiger partial charge in [-0.2, -0.15) is 0 Å². The summed E-state index contributed by atoms with van der Waals surface area (Å²) in [6, 6.07) is 6.99. The third kappa shape index (κ3) is 7.89. The van der Waals surface area contributed by atoms with Crippen LogP contribution in [-0.2, 0) is 9.53 Å². The number of guanidine groups is 1. The summed E-state index contributed by atoms with van der Waals surface area (Å²) in [5.74, 6) is 0.349. The lowest BCUT2D eigenvalue weighted by atomic mass is 10.0. The third-order valence-corrected chi connectivity index (χ3v) is 4.79. The Morgan fingerprint density at radius 3 is 2.90 bits per heavy atom. The van der Waals surface area contributed by atoms with Crippen LogP contribution < -0.4 is 15.5 Å². The summed E-state index contributed by atoms with van der Waals surface area (Å²) < 4.78 is 19.5. The van der Waals surface area contributed by atoms with E-state index in [1.807, 2.05) is 19.1 Å². The van der Waals surface area contributed by atoms with E-state index in [0.29, 0.717) is 38.0 Å². The van der Waals surface area contributed by atoms with Gasteiger partial charge in [0.05, 0.1) is 5.69 Å². The van der Waals surface area contributed by atoms with Crippen molar-refractivity contribution in [3.63, 3.8) is 0 Å². The SMILES string of the molecule is CCOCCCNC(=NCC(=O)N(C)C)NC1CCCN(c2ccccc2F)C1. The standard InChI is InChI=1S/C21H34FN5O2/c1-4-29-14-8-12-23-21(24-15-20(28)26(2)3)25-17-9-7-13-27(16-17)19-11-6-5-10-18(19)22/h5-6,10-11,17H,4,7-9,12-16H2,1-3H3,(H2,23,24,25). The zero-order valence-electron chi connectivity index (χ0n) is 17.8. The van der Waals surface area contributed by atoms with E-state index in [9.17, 15) is 9.18 Å². The van der Waals surface area contributed by atoms with E-state index in [0.717, 1.165) is 25.8 Å². The van der Waals surface area contributed by atoms with Gasteiger partial charge in [0.2, 0.25) is 5.91 Å². The minimum absolute atomic E-state index is 0.0583. The zero-order valence-corrected chi connectivity index (χ0v) is 17.8. The Labute approximate surface area is 173 Å². The molecule has 0 aliphatic carbocycles. The molecular weight excluding hydrogens is 373 g/mol. The topological polar surface area (TPSA) is 69.2 Å². The summed E-state index contributed by atoms with van der Waals surface area (Å²) in [5.41, 5.74) is 0.630. The minimum atomic E-state index is -0.201. The van der Waals surface area contributed by atoms with Crippen molar-refractivity contribution in [1.82, 2.24) is 15.5 Å². The highest BCUT2D eigenvalue weighted by atomic mass is 19.1. The number of para-hydroxylation sites is 1. The van der Waals surface area contributed by atoms with Crippen molar-refractivity contribution in [1.29, 1.82) is 0 Å². The van der Waals surface area contributed by atoms with Crippen LogP contribution in [0.25, 0.3) is 0 Å². The summed E-state index contributed by atoms with van der Waals surface area (Å²) in [5, 5.41) is 6.71. The van der Waals surface area contributed by atoms with Gasteiger partial charge in [-0.05, 0) is 38.3 Å². The molecule has 0 saturated carbocycles. The molecule has 29 heavy (non-hydrogen) atoms. The van der Waals surface area contributed by atoms with Crippen LogP contribution in [0.2, 0.25) is 0 Å². The van der Waals surface area contributed by atoms with Crippen LogP contribution in [0.3, 0.4) is 0 Å². The number of aliphatic imine (C=N–C) groups is 1. The van der Waals surface area contributed by atoms with Gasteiger partial charge in [-0.3, -0.25) is 4.79 Å². The van der Waals surface area contributed by atoms with E-state index in [1.165, 1.54) is 11.0 Å². The Kier molecular flexibility index (Phi) is 9.70. The molecule has 1 amide bonds. The van der Waals surface area contributed by atoms with E-state index >= 15 is 0 Å². The Morgan fingerprint density at radius 2 is 2.17 bits per heavy atom. The van der Waals surface area contributed by atoms with Gasteiger partial charge in [0.1, 0.15) is 12.4 Å². The molecule has 162 valence electrons. The summed E-state index contributed by atoms with van der Waals surface area (Å²) in [7, 11) is 3.43. The van der Waals surface area contributed by atoms with E-state index in [-0.39, 0.29) is 24.3 Å². The van der Waals surface area contributed by atoms with Crippen molar-refractivity contribution < 1.29 is 13.9 Å². The predicted octanol–water partition coefficient (Wildman–Crippen LogP) is 1.84. The normalized spacial score (nSPS) is 17.2. The van der Waals surface area contributed by atoms with Crippen LogP contribution in [0.15, 0.2) is 29.3 Å². The lowest BCUT2D eigenvalue weighted by molar-refractivity contribution is -0.127. The molecule has 1 atom stereocenters. The highest BCUT2D eigenvalue weighted by molar-refractivity contribution is 5.85. The van der Waals surface area contributed by atoms with Crippen molar-refractivity contribution in [3.8, 4) is 0 Å². The molecule has 2 rings (SSSR count). The Balaban J connectivity index is 1.97. The fourth-order valence-electron chi connectivity index (χ4n) is 3.18. The fraction of sp³-hybridized carbons (Fsp3) is 0.619. The second-order valence-electron chi connectivity index (χ2n) is 7.31. The number of carbonyl (C=O) groups excluding carboxylic acids is 1. The average Bonchev–Trinajstić information content (AvgIpc) is 2.71. The first kappa shape index (κ1) is 22.9. The molecule has 1 aliphatic rings. The number of rotatable bonds is 9. The molecule has 7 nitrogen and oxygen atoms in total. The predicted molar refractivity (Wildman–Crippen MR) is 115 cm³/mol. The maximum atomic E-state index is 14.2. The van der Waals surface area contributed by atoms with Crippen molar-refractivity contribution in [2.75, 3.05) is 58.4 Å². The fourth-order valence-corrected chi connectivity index (χ4v) is 3.18. The molecule has 1 aliphatic heterocycles. The highest BCUT2D eigenvalue weighted by Gasteiger charge is 2.22. The number of anilines is 1. The second kappa shape index (κ2) is 12.3. The Bertz CT molecular complexity index is 668. The molecule has 0 radical (unpaired) electrons. The van der Waals surface area contributed by atoms with Crippen molar-refractivity contribution in [3.05, 3.63) is 30.1 Å². The lowest BCUT2D eigenvalue weighted by Gasteiger charge is -2.35. The van der Waals surface area contributed by atoms with Gasteiger partial charge >= 0.3 is 0 Å². The monoisotopic (exact) mass is 407 g/mol. The first-order valence-corrected chi connectivity index (χ1v) is 10.3. The number of likely N-dealkylation sites (N-methyl/N-ethyl adjacent to an activating group) is 1. The van der Waals surface area contributed by atoms with Crippen molar-refractivity contribution >= 4 is 17.6 Å². The van der Waals surface area contributed by atoms with E-state index in [2.05, 4.69) is 20.5 Å². The first-order chi connectivity index (χ1) is 14.0. The van der Waals surface area contributed by atoms with Gasteiger partial charge in [0.15, 0.2) is 5.96 Å². The number of nitrogens with zero attached hydrogens (tertiary/aromatic N) is 3. The van der Waals surface area contributed by atoms with Crippen molar-refractivity contribution in [2.24, 2.45) is 4.99 Å². The zero-order chi connectivity index (χ0) is 21.1. The maximum absolute atomic E-state index is 14.2. The molecule has 0 spiro atoms. The van der Waals surface area contributed by atoms with Crippen LogP contribution in [0.1, 0.15) is 26.2 Å². The number of hydrogen-bond donors (Lipinski definition) is 2. The van der Waals surface area contributed by atoms with E-state index in [4.69, 9.17) is 4.74 Å². The summed E-state index contributed by atoms with van der Waals surface area (Å²) in [4.78, 5) is 20.0. The first-order valence-electron chi connectivity index (χ1n) is 10.3. The average molecular weight is 408 g/mol. The van der Waals surface area contributed by atoms with E-state index in [1.54, 1.807) is 20.2 Å². The van der Waals surface area contributed by atoms with Crippen LogP contribution >= 0.6 is 0 Å². The Morgan fingerprint density at radius 1 is 1.38 bits per heavy atom. The molecular formula is C21H34FN5O2. The van der Waals surface area contributed by atoms with Crippen LogP contribution in [-0.4, -0.2) is 76.3 Å². The second-order valence-corrected chi connectivity index (χ2v) is 7.31. The van der Waals surface area contributed by atoms with Gasteiger partial charge in [-0.25, -0.2) is 9.38 Å². The number of piperidine rings is 1. The van der Waals surface area contributed by atoms with Crippen LogP contribution in [0.5, 0.6) is 0 Å². The molecule has 1 aromatic rings. The number of hydrogen-bond acceptors (Lipinski definition) is 4. The minimum Gasteiger partial charge on any atom is -0.382 e. The van der Waals surface area contributed by atoms with Gasteiger partial charge in [-0.1, -0.05) is 12.1 Å². The van der Waals surface area contributed by atoms with Gasteiger partial charge in [0, 0.05) is 53.0 Å². The van der Waals surface area contributed by atoms with Gasteiger partial charge < -0.3 is 25.2 Å². The maximum Gasteiger partial charge on any atom is 0.243 e. The smallest absolute Gasteiger partial charge is 0.243 e. The number of halogens is 1. The highest BCUT2D eigenvalue weighted by Crippen LogP contribution is 2.22. The van der Waals surface area contributed by atoms with Crippen LogP contribution in [0.4, 0.5) is 10.1 Å². The Hall–Kier alpha value is -2.35. The summed E-state index contributed by atoms with van der Waals surface area (Å²) in [6.07, 6.45) is 2.77. The van der Waals surface area contributed by atoms with Gasteiger partial charge in [0.25, 0.3) is 0 Å². The number of nitrogens with one attached hydrogen (secondary N) is 2. The van der Waals surface area contributed by atoms with E-state index < -0.39 is 0 Å². The number of amides is 1. The molecule has 2 N–H and O–H groups in total. The summed E-state index contributed by atoms with van der Waals surface area (Å²) >= 11 is 0. The molecule has 1 saturated heterocycles. The lowest BCUT2D eigenvalue weighted by Crippen LogP contribution is -2.51. The van der Waals surface area contributed by atoms with Crippen molar-refractivity contribution in [2.45, 2.75) is 32.2 Å². The largest absolute Gasteiger partial charge is 0.382 e. The summed E-state index contributed by atoms with van der Waals surface area (Å²) in [6.45, 7) is 5.64. The molecule has 0 bridgehead atoms. The third-order valence-electron chi connectivity index (χ3n) is 4.79. The number of ether oxygens (including phenoxy) is 1. The quantitative estimate of drug-likeness (QED) is 0.371. The number of carbonyl (C=O) groups is 1. The van der Waals surface area contributed by atoms with Crippen LogP contribution in [0, 0.1) is 5.82 Å². The molecule has 0 aromatic heterocycles. The number of benzene rings is 1. The van der Waals surface area contributed by atoms with Gasteiger partial charge in [-0.15, -0.1) is 0 Å². The molecule has 1 unspecified atom stereocenters. The molecule has 8 heteroatoms. The molecule has 1 aromatic carbocycles. The molecule has 1 heterocycles. The molecule has 1 fully saturated rings.